The van der Waals surface area contributed by atoms with E-state index in [0.717, 1.165) is 5.56 Å². The van der Waals surface area contributed by atoms with Crippen LogP contribution in [0.1, 0.15) is 11.1 Å². The van der Waals surface area contributed by atoms with Crippen molar-refractivity contribution >= 4 is 0 Å². The highest BCUT2D eigenvalue weighted by molar-refractivity contribution is 5.83. The molecule has 3 rings (SSSR count). The highest BCUT2D eigenvalue weighted by atomic mass is 19.4. The molecule has 3 aromatic rings. The SMILES string of the molecule is N#Cc1c(C(F)(F)F)coc1-c1ccccc1-c1ccccc1. The Labute approximate surface area is 130 Å². The van der Waals surface area contributed by atoms with Crippen LogP contribution in [0.4, 0.5) is 13.2 Å². The fraction of sp³-hybridized carbons (Fsp3) is 0.0556. The predicted molar refractivity (Wildman–Crippen MR) is 79.3 cm³/mol. The number of nitriles is 1. The molecule has 1 aromatic heterocycles. The number of benzene rings is 2. The fourth-order valence-corrected chi connectivity index (χ4v) is 2.43. The summed E-state index contributed by atoms with van der Waals surface area (Å²) in [5, 5.41) is 9.16. The molecule has 0 spiro atoms. The third-order valence-corrected chi connectivity index (χ3v) is 3.46. The molecule has 0 fully saturated rings. The Morgan fingerprint density at radius 2 is 1.48 bits per heavy atom. The van der Waals surface area contributed by atoms with Crippen molar-refractivity contribution in [3.63, 3.8) is 0 Å². The van der Waals surface area contributed by atoms with Gasteiger partial charge in [-0.2, -0.15) is 18.4 Å². The van der Waals surface area contributed by atoms with E-state index < -0.39 is 17.3 Å². The van der Waals surface area contributed by atoms with Crippen molar-refractivity contribution < 1.29 is 17.6 Å². The van der Waals surface area contributed by atoms with Crippen molar-refractivity contribution in [2.24, 2.45) is 0 Å². The number of hydrogen-bond donors (Lipinski definition) is 0. The lowest BCUT2D eigenvalue weighted by Crippen LogP contribution is -2.05. The molecule has 114 valence electrons. The van der Waals surface area contributed by atoms with Crippen molar-refractivity contribution in [3.05, 3.63) is 72.0 Å². The van der Waals surface area contributed by atoms with E-state index >= 15 is 0 Å². The van der Waals surface area contributed by atoms with Crippen LogP contribution in [0, 0.1) is 11.3 Å². The largest absolute Gasteiger partial charge is 0.462 e. The zero-order valence-corrected chi connectivity index (χ0v) is 11.8. The summed E-state index contributed by atoms with van der Waals surface area (Å²) in [5.74, 6) is -0.0701. The van der Waals surface area contributed by atoms with Crippen molar-refractivity contribution in [1.29, 1.82) is 5.26 Å². The lowest BCUT2D eigenvalue weighted by molar-refractivity contribution is -0.138. The highest BCUT2D eigenvalue weighted by Gasteiger charge is 2.37. The van der Waals surface area contributed by atoms with Gasteiger partial charge in [-0.15, -0.1) is 0 Å². The molecular weight excluding hydrogens is 303 g/mol. The van der Waals surface area contributed by atoms with E-state index in [-0.39, 0.29) is 5.76 Å². The first-order chi connectivity index (χ1) is 11.0. The molecule has 0 saturated heterocycles. The summed E-state index contributed by atoms with van der Waals surface area (Å²) in [6.07, 6.45) is -4.04. The Bertz CT molecular complexity index is 873. The summed E-state index contributed by atoms with van der Waals surface area (Å²) < 4.78 is 44.0. The molecule has 0 aliphatic rings. The minimum atomic E-state index is -4.63. The van der Waals surface area contributed by atoms with Crippen molar-refractivity contribution in [3.8, 4) is 28.5 Å². The number of halogens is 3. The molecule has 0 aliphatic carbocycles. The molecule has 0 atom stereocenters. The maximum Gasteiger partial charge on any atom is 0.420 e. The lowest BCUT2D eigenvalue weighted by atomic mass is 9.96. The summed E-state index contributed by atoms with van der Waals surface area (Å²) in [6.45, 7) is 0. The lowest BCUT2D eigenvalue weighted by Gasteiger charge is -2.08. The van der Waals surface area contributed by atoms with Crippen LogP contribution in [0.25, 0.3) is 22.5 Å². The van der Waals surface area contributed by atoms with Gasteiger partial charge in [-0.05, 0) is 11.1 Å². The van der Waals surface area contributed by atoms with Gasteiger partial charge >= 0.3 is 6.18 Å². The minimum Gasteiger partial charge on any atom is -0.462 e. The average Bonchev–Trinajstić information content (AvgIpc) is 3.00. The van der Waals surface area contributed by atoms with Crippen molar-refractivity contribution in [2.75, 3.05) is 0 Å². The van der Waals surface area contributed by atoms with Gasteiger partial charge in [0.25, 0.3) is 0 Å². The van der Waals surface area contributed by atoms with Crippen LogP contribution in [0.2, 0.25) is 0 Å². The van der Waals surface area contributed by atoms with E-state index in [9.17, 15) is 13.2 Å². The molecule has 2 aromatic carbocycles. The second-order valence-electron chi connectivity index (χ2n) is 4.87. The number of rotatable bonds is 2. The van der Waals surface area contributed by atoms with E-state index in [2.05, 4.69) is 0 Å². The smallest absolute Gasteiger partial charge is 0.420 e. The maximum atomic E-state index is 13.0. The first-order valence-electron chi connectivity index (χ1n) is 6.76. The molecule has 0 saturated carbocycles. The first-order valence-corrected chi connectivity index (χ1v) is 6.76. The van der Waals surface area contributed by atoms with Gasteiger partial charge in [0, 0.05) is 5.56 Å². The molecule has 5 heteroatoms. The summed E-state index contributed by atoms with van der Waals surface area (Å²) in [7, 11) is 0. The van der Waals surface area contributed by atoms with Crippen LogP contribution < -0.4 is 0 Å². The van der Waals surface area contributed by atoms with Gasteiger partial charge in [0.1, 0.15) is 23.5 Å². The molecule has 1 heterocycles. The summed E-state index contributed by atoms with van der Waals surface area (Å²) in [5.41, 5.74) is 0.425. The Morgan fingerprint density at radius 3 is 2.09 bits per heavy atom. The zero-order valence-electron chi connectivity index (χ0n) is 11.8. The van der Waals surface area contributed by atoms with Crippen LogP contribution in [0.5, 0.6) is 0 Å². The molecular formula is C18H10F3NO. The Balaban J connectivity index is 2.22. The molecule has 0 unspecified atom stereocenters. The van der Waals surface area contributed by atoms with Crippen molar-refractivity contribution in [1.82, 2.24) is 0 Å². The number of nitrogens with zero attached hydrogens (tertiary/aromatic N) is 1. The molecule has 0 bridgehead atoms. The van der Waals surface area contributed by atoms with E-state index in [1.165, 1.54) is 0 Å². The quantitative estimate of drug-likeness (QED) is 0.626. The number of furan rings is 1. The van der Waals surface area contributed by atoms with Gasteiger partial charge < -0.3 is 4.42 Å². The van der Waals surface area contributed by atoms with Gasteiger partial charge in [-0.3, -0.25) is 0 Å². The zero-order chi connectivity index (χ0) is 16.4. The number of alkyl halides is 3. The van der Waals surface area contributed by atoms with E-state index in [1.807, 2.05) is 30.3 Å². The maximum absolute atomic E-state index is 13.0. The Kier molecular flexibility index (Phi) is 3.67. The molecule has 2 nitrogen and oxygen atoms in total. The van der Waals surface area contributed by atoms with Gasteiger partial charge in [-0.25, -0.2) is 0 Å². The van der Waals surface area contributed by atoms with E-state index in [0.29, 0.717) is 17.4 Å². The van der Waals surface area contributed by atoms with E-state index in [1.54, 1.807) is 30.3 Å². The molecule has 0 N–H and O–H groups in total. The van der Waals surface area contributed by atoms with Gasteiger partial charge in [0.2, 0.25) is 0 Å². The molecule has 23 heavy (non-hydrogen) atoms. The third-order valence-electron chi connectivity index (χ3n) is 3.46. The van der Waals surface area contributed by atoms with Crippen LogP contribution in [-0.2, 0) is 6.18 Å². The topological polar surface area (TPSA) is 36.9 Å². The van der Waals surface area contributed by atoms with Crippen LogP contribution in [0.3, 0.4) is 0 Å². The van der Waals surface area contributed by atoms with Gasteiger partial charge in [0.15, 0.2) is 5.76 Å². The van der Waals surface area contributed by atoms with Gasteiger partial charge in [0.05, 0.1) is 0 Å². The third kappa shape index (κ3) is 2.71. The summed E-state index contributed by atoms with van der Waals surface area (Å²) in [4.78, 5) is 0. The summed E-state index contributed by atoms with van der Waals surface area (Å²) >= 11 is 0. The fourth-order valence-electron chi connectivity index (χ4n) is 2.43. The van der Waals surface area contributed by atoms with E-state index in [4.69, 9.17) is 9.68 Å². The minimum absolute atomic E-state index is 0.0701. The van der Waals surface area contributed by atoms with Crippen LogP contribution in [0.15, 0.2) is 65.3 Å². The second kappa shape index (κ2) is 5.65. The van der Waals surface area contributed by atoms with Gasteiger partial charge in [-0.1, -0.05) is 54.6 Å². The van der Waals surface area contributed by atoms with Crippen LogP contribution in [-0.4, -0.2) is 0 Å². The normalized spacial score (nSPS) is 11.2. The standard InChI is InChI=1S/C18H10F3NO/c19-18(20,21)16-11-23-17(15(16)10-22)14-9-5-4-8-13(14)12-6-2-1-3-7-12/h1-9,11H. The molecule has 0 amide bonds. The molecule has 0 radical (unpaired) electrons. The second-order valence-corrected chi connectivity index (χ2v) is 4.87. The molecule has 0 aliphatic heterocycles. The first kappa shape index (κ1) is 14.9. The average molecular weight is 313 g/mol. The highest BCUT2D eigenvalue weighted by Crippen LogP contribution is 2.40. The summed E-state index contributed by atoms with van der Waals surface area (Å²) in [6, 6.07) is 17.7. The number of hydrogen-bond acceptors (Lipinski definition) is 2. The monoisotopic (exact) mass is 313 g/mol. The van der Waals surface area contributed by atoms with Crippen LogP contribution >= 0.6 is 0 Å². The Morgan fingerprint density at radius 1 is 0.870 bits per heavy atom. The predicted octanol–water partition coefficient (Wildman–Crippen LogP) is 5.50. The Hall–Kier alpha value is -3.00. The van der Waals surface area contributed by atoms with Crippen molar-refractivity contribution in [2.45, 2.75) is 6.18 Å².